The molecule has 0 saturated carbocycles. The number of hydrogen-bond acceptors (Lipinski definition) is 4. The Hall–Kier alpha value is -2.09. The number of aryl methyl sites for hydroxylation is 1. The van der Waals surface area contributed by atoms with Crippen LogP contribution in [0.25, 0.3) is 0 Å². The van der Waals surface area contributed by atoms with E-state index < -0.39 is 10.0 Å². The van der Waals surface area contributed by atoms with Gasteiger partial charge in [-0.25, -0.2) is 8.42 Å². The highest BCUT2D eigenvalue weighted by molar-refractivity contribution is 7.92. The van der Waals surface area contributed by atoms with Gasteiger partial charge in [-0.15, -0.1) is 12.4 Å². The maximum atomic E-state index is 12.7. The highest BCUT2D eigenvalue weighted by Gasteiger charge is 2.29. The molecule has 1 aliphatic heterocycles. The lowest BCUT2D eigenvalue weighted by Crippen LogP contribution is -2.48. The topological polar surface area (TPSA) is 87.3 Å². The third kappa shape index (κ3) is 5.00. The van der Waals surface area contributed by atoms with E-state index in [0.29, 0.717) is 22.9 Å². The third-order valence-corrected chi connectivity index (χ3v) is 6.23. The Kier molecular flexibility index (Phi) is 6.86. The van der Waals surface area contributed by atoms with E-state index in [1.54, 1.807) is 43.3 Å². The van der Waals surface area contributed by atoms with Crippen molar-refractivity contribution >= 4 is 39.7 Å². The van der Waals surface area contributed by atoms with Crippen LogP contribution >= 0.6 is 12.4 Å². The van der Waals surface area contributed by atoms with Crippen molar-refractivity contribution < 1.29 is 13.2 Å². The summed E-state index contributed by atoms with van der Waals surface area (Å²) in [7, 11) is -3.74. The number of hydrogen-bond donors (Lipinski definition) is 3. The van der Waals surface area contributed by atoms with E-state index in [1.807, 2.05) is 13.0 Å². The number of carbonyl (C=O) groups is 1. The van der Waals surface area contributed by atoms with Crippen LogP contribution in [0.15, 0.2) is 53.4 Å². The van der Waals surface area contributed by atoms with Gasteiger partial charge in [0.15, 0.2) is 0 Å². The van der Waals surface area contributed by atoms with Crippen molar-refractivity contribution in [2.75, 3.05) is 23.1 Å². The summed E-state index contributed by atoms with van der Waals surface area (Å²) in [5, 5.41) is 5.99. The summed E-state index contributed by atoms with van der Waals surface area (Å²) in [6.07, 6.45) is 0. The normalized spacial score (nSPS) is 15.2. The zero-order valence-corrected chi connectivity index (χ0v) is 16.9. The number of sulfonamides is 1. The molecular formula is C19H24ClN3O3S. The van der Waals surface area contributed by atoms with Crippen LogP contribution in [0.3, 0.4) is 0 Å². The molecule has 0 radical (unpaired) electrons. The van der Waals surface area contributed by atoms with Crippen molar-refractivity contribution in [3.63, 3.8) is 0 Å². The fourth-order valence-electron chi connectivity index (χ4n) is 2.82. The van der Waals surface area contributed by atoms with E-state index in [0.717, 1.165) is 13.1 Å². The first-order chi connectivity index (χ1) is 12.4. The number of rotatable bonds is 6. The molecule has 2 aromatic carbocycles. The maximum absolute atomic E-state index is 12.7. The Labute approximate surface area is 166 Å². The Balaban J connectivity index is 0.00000261. The zero-order chi connectivity index (χ0) is 18.7. The Morgan fingerprint density at radius 3 is 2.37 bits per heavy atom. The third-order valence-electron chi connectivity index (χ3n) is 4.70. The van der Waals surface area contributed by atoms with Gasteiger partial charge < -0.3 is 10.6 Å². The molecule has 2 aromatic rings. The van der Waals surface area contributed by atoms with Crippen molar-refractivity contribution in [3.8, 4) is 0 Å². The molecule has 3 rings (SSSR count). The molecule has 1 fully saturated rings. The van der Waals surface area contributed by atoms with Crippen molar-refractivity contribution in [3.05, 3.63) is 54.1 Å². The molecule has 8 heteroatoms. The summed E-state index contributed by atoms with van der Waals surface area (Å²) < 4.78 is 28.0. The van der Waals surface area contributed by atoms with Crippen LogP contribution in [-0.2, 0) is 14.8 Å². The lowest BCUT2D eigenvalue weighted by Gasteiger charge is -2.31. The number of para-hydroxylation sites is 1. The summed E-state index contributed by atoms with van der Waals surface area (Å²) in [5.74, 6) is 0.100. The van der Waals surface area contributed by atoms with Crippen molar-refractivity contribution in [2.24, 2.45) is 11.8 Å². The quantitative estimate of drug-likeness (QED) is 0.684. The zero-order valence-electron chi connectivity index (χ0n) is 15.2. The van der Waals surface area contributed by atoms with Crippen molar-refractivity contribution in [1.29, 1.82) is 0 Å². The summed E-state index contributed by atoms with van der Waals surface area (Å²) >= 11 is 0. The molecule has 0 aromatic heterocycles. The number of carbonyl (C=O) groups excluding carboxylic acids is 1. The summed E-state index contributed by atoms with van der Waals surface area (Å²) in [4.78, 5) is 12.5. The second-order valence-electron chi connectivity index (χ2n) is 6.65. The minimum Gasteiger partial charge on any atom is -0.326 e. The molecule has 1 amide bonds. The smallest absolute Gasteiger partial charge is 0.262 e. The lowest BCUT2D eigenvalue weighted by molar-refractivity contribution is -0.121. The van der Waals surface area contributed by atoms with Gasteiger partial charge in [0.2, 0.25) is 5.91 Å². The number of halogens is 1. The molecule has 3 N–H and O–H groups in total. The Bertz CT molecular complexity index is 900. The Morgan fingerprint density at radius 1 is 1.11 bits per heavy atom. The van der Waals surface area contributed by atoms with E-state index in [2.05, 4.69) is 15.4 Å². The molecule has 6 nitrogen and oxygen atoms in total. The fourth-order valence-corrected chi connectivity index (χ4v) is 4.15. The van der Waals surface area contributed by atoms with Gasteiger partial charge in [-0.1, -0.05) is 31.2 Å². The minimum atomic E-state index is -3.74. The first-order valence-electron chi connectivity index (χ1n) is 8.57. The molecule has 0 aliphatic carbocycles. The van der Waals surface area contributed by atoms with Gasteiger partial charge in [0.1, 0.15) is 0 Å². The van der Waals surface area contributed by atoms with Gasteiger partial charge in [0.05, 0.1) is 4.90 Å². The molecular weight excluding hydrogens is 386 g/mol. The van der Waals surface area contributed by atoms with Crippen LogP contribution in [0.5, 0.6) is 0 Å². The van der Waals surface area contributed by atoms with Gasteiger partial charge in [0, 0.05) is 17.3 Å². The largest absolute Gasteiger partial charge is 0.326 e. The fraction of sp³-hybridized carbons (Fsp3) is 0.316. The van der Waals surface area contributed by atoms with Crippen LogP contribution in [0.2, 0.25) is 0 Å². The van der Waals surface area contributed by atoms with E-state index in [-0.39, 0.29) is 29.1 Å². The molecule has 1 atom stereocenters. The average Bonchev–Trinajstić information content (AvgIpc) is 2.55. The maximum Gasteiger partial charge on any atom is 0.262 e. The Morgan fingerprint density at radius 2 is 1.78 bits per heavy atom. The standard InChI is InChI=1S/C19H23N3O3S.ClH/c1-13-8-9-17(21-19(23)14(2)15-11-20-12-15)10-18(13)26(24,25)22-16-6-4-3-5-7-16;/h3-10,14-15,20,22H,11-12H2,1-2H3,(H,21,23);1H. The molecule has 0 bridgehead atoms. The molecule has 146 valence electrons. The highest BCUT2D eigenvalue weighted by atomic mass is 35.5. The molecule has 27 heavy (non-hydrogen) atoms. The molecule has 1 saturated heterocycles. The van der Waals surface area contributed by atoms with E-state index in [1.165, 1.54) is 6.07 Å². The molecule has 0 spiro atoms. The van der Waals surface area contributed by atoms with Gasteiger partial charge in [-0.05, 0) is 55.8 Å². The predicted octanol–water partition coefficient (Wildman–Crippen LogP) is 3.01. The monoisotopic (exact) mass is 409 g/mol. The predicted molar refractivity (Wildman–Crippen MR) is 110 cm³/mol. The van der Waals surface area contributed by atoms with Crippen LogP contribution < -0.4 is 15.4 Å². The summed E-state index contributed by atoms with van der Waals surface area (Å²) in [5.41, 5.74) is 1.59. The minimum absolute atomic E-state index is 0. The van der Waals surface area contributed by atoms with E-state index >= 15 is 0 Å². The van der Waals surface area contributed by atoms with E-state index in [9.17, 15) is 13.2 Å². The first-order valence-corrected chi connectivity index (χ1v) is 10.1. The first kappa shape index (κ1) is 21.2. The van der Waals surface area contributed by atoms with Gasteiger partial charge in [0.25, 0.3) is 10.0 Å². The number of benzene rings is 2. The van der Waals surface area contributed by atoms with Crippen molar-refractivity contribution in [2.45, 2.75) is 18.7 Å². The van der Waals surface area contributed by atoms with E-state index in [4.69, 9.17) is 0 Å². The summed E-state index contributed by atoms with van der Waals surface area (Å²) in [6.45, 7) is 5.30. The second kappa shape index (κ2) is 8.73. The van der Waals surface area contributed by atoms with Crippen LogP contribution in [0.1, 0.15) is 12.5 Å². The molecule has 1 unspecified atom stereocenters. The van der Waals surface area contributed by atoms with Crippen molar-refractivity contribution in [1.82, 2.24) is 5.32 Å². The van der Waals surface area contributed by atoms with Gasteiger partial charge in [-0.2, -0.15) is 0 Å². The molecule has 1 heterocycles. The lowest BCUT2D eigenvalue weighted by atomic mass is 9.88. The SMILES string of the molecule is Cc1ccc(NC(=O)C(C)C2CNC2)cc1S(=O)(=O)Nc1ccccc1.Cl. The van der Waals surface area contributed by atoms with Crippen LogP contribution in [0.4, 0.5) is 11.4 Å². The van der Waals surface area contributed by atoms with Gasteiger partial charge >= 0.3 is 0 Å². The van der Waals surface area contributed by atoms with Gasteiger partial charge in [-0.3, -0.25) is 9.52 Å². The number of amides is 1. The second-order valence-corrected chi connectivity index (χ2v) is 8.30. The van der Waals surface area contributed by atoms with Crippen LogP contribution in [0, 0.1) is 18.8 Å². The van der Waals surface area contributed by atoms with Crippen LogP contribution in [-0.4, -0.2) is 27.4 Å². The average molecular weight is 410 g/mol. The summed E-state index contributed by atoms with van der Waals surface area (Å²) in [6, 6.07) is 13.6. The highest BCUT2D eigenvalue weighted by Crippen LogP contribution is 2.24. The number of nitrogens with one attached hydrogen (secondary N) is 3. The number of anilines is 2. The molecule has 1 aliphatic rings.